The molecule has 0 saturated carbocycles. The average molecular weight is 1350 g/mol. The summed E-state index contributed by atoms with van der Waals surface area (Å²) in [7, 11) is -9.91. The summed E-state index contributed by atoms with van der Waals surface area (Å²) in [5.41, 5.74) is 0. The van der Waals surface area contributed by atoms with E-state index in [1.807, 2.05) is 0 Å². The summed E-state index contributed by atoms with van der Waals surface area (Å²) < 4.78 is 68.4. The molecule has 0 heterocycles. The topological polar surface area (TPSA) is 237 Å². The molecule has 92 heavy (non-hydrogen) atoms. The van der Waals surface area contributed by atoms with Gasteiger partial charge in [0.05, 0.1) is 26.4 Å². The van der Waals surface area contributed by atoms with Crippen LogP contribution >= 0.6 is 15.6 Å². The second-order valence-corrected chi connectivity index (χ2v) is 30.7. The first kappa shape index (κ1) is 90.1. The van der Waals surface area contributed by atoms with Gasteiger partial charge in [-0.05, 0) is 49.4 Å². The molecule has 546 valence electrons. The second-order valence-electron chi connectivity index (χ2n) is 27.8. The second kappa shape index (κ2) is 62.6. The van der Waals surface area contributed by atoms with Gasteiger partial charge in [-0.25, -0.2) is 9.13 Å². The zero-order chi connectivity index (χ0) is 68.2. The Morgan fingerprint density at radius 1 is 0.304 bits per heavy atom. The largest absolute Gasteiger partial charge is 0.472 e. The number of aliphatic hydroxyl groups excluding tert-OH is 1. The zero-order valence-corrected chi connectivity index (χ0v) is 62.0. The van der Waals surface area contributed by atoms with Gasteiger partial charge >= 0.3 is 39.5 Å². The third-order valence-corrected chi connectivity index (χ3v) is 19.4. The van der Waals surface area contributed by atoms with Crippen molar-refractivity contribution < 1.29 is 80.2 Å². The fourth-order valence-electron chi connectivity index (χ4n) is 11.0. The predicted molar refractivity (Wildman–Crippen MR) is 372 cm³/mol. The fourth-order valence-corrected chi connectivity index (χ4v) is 12.5. The van der Waals surface area contributed by atoms with Crippen molar-refractivity contribution in [2.45, 2.75) is 382 Å². The summed E-state index contributed by atoms with van der Waals surface area (Å²) in [6.45, 7) is 14.2. The number of phosphoric acid groups is 2. The Kier molecular flexibility index (Phi) is 61.3. The van der Waals surface area contributed by atoms with Crippen LogP contribution in [0, 0.1) is 23.7 Å². The van der Waals surface area contributed by atoms with E-state index in [0.29, 0.717) is 25.7 Å². The lowest BCUT2D eigenvalue weighted by Crippen LogP contribution is -2.30. The summed E-state index contributed by atoms with van der Waals surface area (Å²) in [5.74, 6) is 0.936. The minimum absolute atomic E-state index is 0.105. The van der Waals surface area contributed by atoms with Gasteiger partial charge in [0.25, 0.3) is 0 Å². The maximum Gasteiger partial charge on any atom is 0.472 e. The zero-order valence-electron chi connectivity index (χ0n) is 60.2. The molecule has 0 aliphatic rings. The molecule has 0 aromatic carbocycles. The third-order valence-electron chi connectivity index (χ3n) is 17.5. The molecule has 0 radical (unpaired) electrons. The molecule has 0 aliphatic heterocycles. The maximum absolute atomic E-state index is 13.0. The molecule has 0 fully saturated rings. The summed E-state index contributed by atoms with van der Waals surface area (Å²) in [6, 6.07) is 0. The van der Waals surface area contributed by atoms with Gasteiger partial charge in [0.2, 0.25) is 0 Å². The van der Waals surface area contributed by atoms with Crippen LogP contribution in [-0.2, 0) is 65.4 Å². The monoisotopic (exact) mass is 1350 g/mol. The molecule has 7 atom stereocenters. The molecule has 17 nitrogen and oxygen atoms in total. The van der Waals surface area contributed by atoms with Gasteiger partial charge in [0.1, 0.15) is 19.3 Å². The molecule has 0 aromatic heterocycles. The van der Waals surface area contributed by atoms with Crippen LogP contribution in [0.1, 0.15) is 364 Å². The van der Waals surface area contributed by atoms with E-state index in [2.05, 4.69) is 55.4 Å². The van der Waals surface area contributed by atoms with Crippen LogP contribution in [0.25, 0.3) is 0 Å². The van der Waals surface area contributed by atoms with Gasteiger partial charge in [0.15, 0.2) is 12.2 Å². The summed E-state index contributed by atoms with van der Waals surface area (Å²) in [6.07, 6.45) is 45.7. The predicted octanol–water partition coefficient (Wildman–Crippen LogP) is 20.9. The highest BCUT2D eigenvalue weighted by atomic mass is 31.2. The minimum Gasteiger partial charge on any atom is -0.462 e. The summed E-state index contributed by atoms with van der Waals surface area (Å²) in [4.78, 5) is 72.7. The highest BCUT2D eigenvalue weighted by molar-refractivity contribution is 7.47. The van der Waals surface area contributed by atoms with E-state index in [1.54, 1.807) is 0 Å². The van der Waals surface area contributed by atoms with Crippen molar-refractivity contribution in [3.8, 4) is 0 Å². The van der Waals surface area contributed by atoms with E-state index >= 15 is 0 Å². The number of rotatable bonds is 70. The van der Waals surface area contributed by atoms with E-state index in [9.17, 15) is 43.2 Å². The van der Waals surface area contributed by atoms with E-state index in [1.165, 1.54) is 161 Å². The van der Waals surface area contributed by atoms with Gasteiger partial charge in [-0.3, -0.25) is 37.3 Å². The lowest BCUT2D eigenvalue weighted by atomic mass is 9.99. The highest BCUT2D eigenvalue weighted by Gasteiger charge is 2.30. The molecule has 0 aromatic rings. The minimum atomic E-state index is -4.96. The smallest absolute Gasteiger partial charge is 0.462 e. The lowest BCUT2D eigenvalue weighted by molar-refractivity contribution is -0.161. The molecule has 19 heteroatoms. The van der Waals surface area contributed by atoms with E-state index in [0.717, 1.165) is 120 Å². The van der Waals surface area contributed by atoms with Crippen molar-refractivity contribution >= 4 is 39.5 Å². The van der Waals surface area contributed by atoms with Crippen LogP contribution < -0.4 is 0 Å². The van der Waals surface area contributed by atoms with E-state index in [-0.39, 0.29) is 25.7 Å². The molecule has 0 saturated heterocycles. The molecule has 4 unspecified atom stereocenters. The highest BCUT2D eigenvalue weighted by Crippen LogP contribution is 2.45. The number of aliphatic hydroxyl groups is 1. The molecular weight excluding hydrogens is 1210 g/mol. The van der Waals surface area contributed by atoms with E-state index < -0.39 is 97.5 Å². The number of esters is 4. The Balaban J connectivity index is 5.27. The maximum atomic E-state index is 13.0. The van der Waals surface area contributed by atoms with E-state index in [4.69, 9.17) is 37.0 Å². The van der Waals surface area contributed by atoms with Crippen LogP contribution in [0.4, 0.5) is 0 Å². The lowest BCUT2D eigenvalue weighted by Gasteiger charge is -2.21. The average Bonchev–Trinajstić information content (AvgIpc) is 3.42. The first-order chi connectivity index (χ1) is 44.2. The first-order valence-electron chi connectivity index (χ1n) is 37.8. The van der Waals surface area contributed by atoms with Crippen molar-refractivity contribution in [3.63, 3.8) is 0 Å². The number of ether oxygens (including phenoxy) is 4. The standard InChI is InChI=1S/C73H142O17P2/c1-9-65(7)51-43-35-27-23-24-28-37-45-53-70(75)83-59-68(89-72(77)55-47-39-29-21-17-13-11-15-19-25-33-41-49-63(3)4)61-87-91(79,80)85-57-67(74)58-86-92(81,82)88-62-69(60-84-71(76)54-46-38-32-31-36-44-52-66(8)10-2)90-73(78)56-48-40-30-22-18-14-12-16-20-26-34-42-50-64(5)6/h63-69,74H,9-62H2,1-8H3,(H,79,80)(H,81,82)/t65?,66?,67-,68-,69-/m1/s1. The Labute approximate surface area is 562 Å². The van der Waals surface area contributed by atoms with Gasteiger partial charge in [-0.1, -0.05) is 312 Å². The third kappa shape index (κ3) is 64.1. The van der Waals surface area contributed by atoms with Crippen LogP contribution in [-0.4, -0.2) is 96.7 Å². The number of phosphoric ester groups is 2. The molecule has 0 amide bonds. The molecule has 0 aliphatic carbocycles. The molecule has 0 spiro atoms. The Bertz CT molecular complexity index is 1820. The normalized spacial score (nSPS) is 14.8. The van der Waals surface area contributed by atoms with Crippen molar-refractivity contribution in [2.24, 2.45) is 23.7 Å². The molecule has 0 bridgehead atoms. The van der Waals surface area contributed by atoms with Gasteiger partial charge < -0.3 is 33.8 Å². The number of carbonyl (C=O) groups excluding carboxylic acids is 4. The van der Waals surface area contributed by atoms with Crippen LogP contribution in [0.3, 0.4) is 0 Å². The van der Waals surface area contributed by atoms with Crippen molar-refractivity contribution in [2.75, 3.05) is 39.6 Å². The van der Waals surface area contributed by atoms with Crippen molar-refractivity contribution in [1.29, 1.82) is 0 Å². The van der Waals surface area contributed by atoms with Crippen molar-refractivity contribution in [3.05, 3.63) is 0 Å². The SMILES string of the molecule is CCC(C)CCCCCCCCCCC(=O)OC[C@H](COP(=O)(O)OC[C@@H](O)COP(=O)(O)OC[C@@H](COC(=O)CCCCCCCCC(C)CC)OC(=O)CCCCCCCCCCCCCCC(C)C)OC(=O)CCCCCCCCCCCCCCC(C)C. The van der Waals surface area contributed by atoms with Gasteiger partial charge in [-0.15, -0.1) is 0 Å². The Hall–Kier alpha value is -1.94. The summed E-state index contributed by atoms with van der Waals surface area (Å²) in [5, 5.41) is 10.6. The Morgan fingerprint density at radius 3 is 0.772 bits per heavy atom. The van der Waals surface area contributed by atoms with Gasteiger partial charge in [0, 0.05) is 25.7 Å². The van der Waals surface area contributed by atoms with Crippen LogP contribution in [0.15, 0.2) is 0 Å². The first-order valence-corrected chi connectivity index (χ1v) is 40.8. The number of carbonyl (C=O) groups is 4. The van der Waals surface area contributed by atoms with Crippen LogP contribution in [0.2, 0.25) is 0 Å². The summed E-state index contributed by atoms with van der Waals surface area (Å²) >= 11 is 0. The number of hydrogen-bond acceptors (Lipinski definition) is 15. The number of unbranched alkanes of at least 4 members (excludes halogenated alkanes) is 34. The quantitative estimate of drug-likeness (QED) is 0.0222. The van der Waals surface area contributed by atoms with Gasteiger partial charge in [-0.2, -0.15) is 0 Å². The number of hydrogen-bond donors (Lipinski definition) is 3. The fraction of sp³-hybridized carbons (Fsp3) is 0.945. The molecule has 3 N–H and O–H groups in total. The Morgan fingerprint density at radius 2 is 0.522 bits per heavy atom. The van der Waals surface area contributed by atoms with Crippen molar-refractivity contribution in [1.82, 2.24) is 0 Å². The molecule has 0 rings (SSSR count). The van der Waals surface area contributed by atoms with Crippen LogP contribution in [0.5, 0.6) is 0 Å². The molecular formula is C73H142O17P2.